The minimum atomic E-state index is -0.261. The predicted molar refractivity (Wildman–Crippen MR) is 67.1 cm³/mol. The molecule has 0 aliphatic rings. The van der Waals surface area contributed by atoms with Crippen LogP contribution in [0.25, 0.3) is 11.3 Å². The molecule has 0 N–H and O–H groups in total. The molecule has 2 aromatic rings. The van der Waals surface area contributed by atoms with E-state index in [0.29, 0.717) is 5.69 Å². The van der Waals surface area contributed by atoms with E-state index < -0.39 is 0 Å². The number of benzene rings is 1. The molecule has 0 saturated carbocycles. The van der Waals surface area contributed by atoms with Gasteiger partial charge >= 0.3 is 0 Å². The van der Waals surface area contributed by atoms with Gasteiger partial charge in [0, 0.05) is 5.56 Å². The molecule has 0 radical (unpaired) electrons. The Morgan fingerprint density at radius 2 is 1.94 bits per heavy atom. The van der Waals surface area contributed by atoms with Crippen molar-refractivity contribution in [3.63, 3.8) is 0 Å². The van der Waals surface area contributed by atoms with Crippen molar-refractivity contribution < 1.29 is 4.39 Å². The summed E-state index contributed by atoms with van der Waals surface area (Å²) >= 11 is 0. The SMILES string of the molecule is C.CC(C)(C)n1cc(-c2cccc(F)c2)nn1. The largest absolute Gasteiger partial charge is 0.247 e. The maximum absolute atomic E-state index is 13.0. The maximum atomic E-state index is 13.0. The van der Waals surface area contributed by atoms with Crippen molar-refractivity contribution in [1.29, 1.82) is 0 Å². The minimum Gasteiger partial charge on any atom is -0.247 e. The fourth-order valence-corrected chi connectivity index (χ4v) is 1.37. The van der Waals surface area contributed by atoms with E-state index in [0.717, 1.165) is 5.56 Å². The molecule has 0 atom stereocenters. The number of nitrogens with zero attached hydrogens (tertiary/aromatic N) is 3. The van der Waals surface area contributed by atoms with Crippen LogP contribution < -0.4 is 0 Å². The van der Waals surface area contributed by atoms with Crippen LogP contribution in [0.5, 0.6) is 0 Å². The highest BCUT2D eigenvalue weighted by atomic mass is 19.1. The third-order valence-corrected chi connectivity index (χ3v) is 2.30. The van der Waals surface area contributed by atoms with Crippen molar-refractivity contribution in [3.05, 3.63) is 36.3 Å². The summed E-state index contributed by atoms with van der Waals surface area (Å²) in [5.74, 6) is -0.261. The second-order valence-corrected chi connectivity index (χ2v) is 4.73. The van der Waals surface area contributed by atoms with Gasteiger partial charge in [0.05, 0.1) is 11.7 Å². The number of aromatic nitrogens is 3. The Bertz CT molecular complexity index is 497. The highest BCUT2D eigenvalue weighted by molar-refractivity contribution is 5.57. The van der Waals surface area contributed by atoms with Crippen molar-refractivity contribution in [1.82, 2.24) is 15.0 Å². The Morgan fingerprint density at radius 3 is 2.47 bits per heavy atom. The summed E-state index contributed by atoms with van der Waals surface area (Å²) < 4.78 is 14.8. The van der Waals surface area contributed by atoms with Crippen LogP contribution in [0.1, 0.15) is 28.2 Å². The average Bonchev–Trinajstić information content (AvgIpc) is 2.65. The molecule has 17 heavy (non-hydrogen) atoms. The van der Waals surface area contributed by atoms with Gasteiger partial charge in [-0.05, 0) is 32.9 Å². The van der Waals surface area contributed by atoms with Gasteiger partial charge < -0.3 is 0 Å². The zero-order valence-electron chi connectivity index (χ0n) is 9.61. The van der Waals surface area contributed by atoms with Crippen LogP contribution in [0.4, 0.5) is 4.39 Å². The monoisotopic (exact) mass is 235 g/mol. The first kappa shape index (κ1) is 13.4. The Kier molecular flexibility index (Phi) is 3.66. The standard InChI is InChI=1S/C12H14FN3.CH4/c1-12(2,3)16-8-11(14-15-16)9-5-4-6-10(13)7-9;/h4-8H,1-3H3;1H4. The van der Waals surface area contributed by atoms with E-state index in [9.17, 15) is 4.39 Å². The molecule has 2 rings (SSSR count). The first-order chi connectivity index (χ1) is 7.47. The Morgan fingerprint density at radius 1 is 1.24 bits per heavy atom. The highest BCUT2D eigenvalue weighted by Gasteiger charge is 2.15. The third-order valence-electron chi connectivity index (χ3n) is 2.30. The lowest BCUT2D eigenvalue weighted by Gasteiger charge is -2.17. The second-order valence-electron chi connectivity index (χ2n) is 4.73. The molecule has 1 aromatic carbocycles. The smallest absolute Gasteiger partial charge is 0.123 e. The molecule has 0 spiro atoms. The summed E-state index contributed by atoms with van der Waals surface area (Å²) in [5.41, 5.74) is 1.32. The van der Waals surface area contributed by atoms with Crippen molar-refractivity contribution >= 4 is 0 Å². The number of hydrogen-bond donors (Lipinski definition) is 0. The second kappa shape index (κ2) is 4.65. The lowest BCUT2D eigenvalue weighted by molar-refractivity contribution is 0.347. The molecule has 4 heteroatoms. The summed E-state index contributed by atoms with van der Waals surface area (Å²) in [5, 5.41) is 8.08. The van der Waals surface area contributed by atoms with Gasteiger partial charge in [-0.2, -0.15) is 0 Å². The molecule has 92 valence electrons. The van der Waals surface area contributed by atoms with E-state index in [1.807, 2.05) is 33.0 Å². The summed E-state index contributed by atoms with van der Waals surface area (Å²) in [6.45, 7) is 6.12. The van der Waals surface area contributed by atoms with Gasteiger partial charge in [0.1, 0.15) is 11.5 Å². The zero-order chi connectivity index (χ0) is 11.8. The Balaban J connectivity index is 0.00000144. The lowest BCUT2D eigenvalue weighted by atomic mass is 10.1. The van der Waals surface area contributed by atoms with E-state index in [-0.39, 0.29) is 18.8 Å². The molecule has 0 unspecified atom stereocenters. The number of hydrogen-bond acceptors (Lipinski definition) is 2. The summed E-state index contributed by atoms with van der Waals surface area (Å²) in [7, 11) is 0. The average molecular weight is 235 g/mol. The minimum absolute atomic E-state index is 0. The van der Waals surface area contributed by atoms with Crippen LogP contribution >= 0.6 is 0 Å². The molecule has 0 saturated heterocycles. The fraction of sp³-hybridized carbons (Fsp3) is 0.385. The molecule has 0 fully saturated rings. The summed E-state index contributed by atoms with van der Waals surface area (Å²) in [4.78, 5) is 0. The zero-order valence-corrected chi connectivity index (χ0v) is 9.61. The normalized spacial score (nSPS) is 11.1. The number of halogens is 1. The van der Waals surface area contributed by atoms with Crippen LogP contribution in [-0.2, 0) is 5.54 Å². The third kappa shape index (κ3) is 2.90. The van der Waals surface area contributed by atoms with E-state index in [1.165, 1.54) is 12.1 Å². The van der Waals surface area contributed by atoms with Crippen LogP contribution in [0, 0.1) is 5.82 Å². The molecule has 1 heterocycles. The van der Waals surface area contributed by atoms with Gasteiger partial charge in [-0.3, -0.25) is 0 Å². The first-order valence-corrected chi connectivity index (χ1v) is 5.15. The lowest BCUT2D eigenvalue weighted by Crippen LogP contribution is -2.22. The first-order valence-electron chi connectivity index (χ1n) is 5.15. The van der Waals surface area contributed by atoms with Gasteiger partial charge in [-0.1, -0.05) is 24.8 Å². The quantitative estimate of drug-likeness (QED) is 0.757. The molecular formula is C13H18FN3. The fourth-order valence-electron chi connectivity index (χ4n) is 1.37. The Labute approximate surface area is 101 Å². The molecule has 0 bridgehead atoms. The van der Waals surface area contributed by atoms with E-state index in [2.05, 4.69) is 10.3 Å². The van der Waals surface area contributed by atoms with E-state index in [1.54, 1.807) is 10.7 Å². The van der Waals surface area contributed by atoms with E-state index >= 15 is 0 Å². The number of rotatable bonds is 1. The van der Waals surface area contributed by atoms with Crippen molar-refractivity contribution in [2.24, 2.45) is 0 Å². The molecule has 1 aromatic heterocycles. The summed E-state index contributed by atoms with van der Waals surface area (Å²) in [6, 6.07) is 6.36. The molecule has 0 aliphatic carbocycles. The molecule has 3 nitrogen and oxygen atoms in total. The van der Waals surface area contributed by atoms with Crippen molar-refractivity contribution in [2.75, 3.05) is 0 Å². The topological polar surface area (TPSA) is 30.7 Å². The van der Waals surface area contributed by atoms with Crippen LogP contribution in [-0.4, -0.2) is 15.0 Å². The van der Waals surface area contributed by atoms with Gasteiger partial charge in [0.15, 0.2) is 0 Å². The van der Waals surface area contributed by atoms with Crippen LogP contribution in [0.15, 0.2) is 30.5 Å². The van der Waals surface area contributed by atoms with Crippen molar-refractivity contribution in [3.8, 4) is 11.3 Å². The molecule has 0 aliphatic heterocycles. The van der Waals surface area contributed by atoms with Crippen LogP contribution in [0.2, 0.25) is 0 Å². The van der Waals surface area contributed by atoms with Crippen molar-refractivity contribution in [2.45, 2.75) is 33.7 Å². The highest BCUT2D eigenvalue weighted by Crippen LogP contribution is 2.20. The van der Waals surface area contributed by atoms with E-state index in [4.69, 9.17) is 0 Å². The van der Waals surface area contributed by atoms with Gasteiger partial charge in [0.25, 0.3) is 0 Å². The van der Waals surface area contributed by atoms with Gasteiger partial charge in [0.2, 0.25) is 0 Å². The van der Waals surface area contributed by atoms with Crippen LogP contribution in [0.3, 0.4) is 0 Å². The maximum Gasteiger partial charge on any atom is 0.123 e. The van der Waals surface area contributed by atoms with Gasteiger partial charge in [-0.25, -0.2) is 9.07 Å². The Hall–Kier alpha value is -1.71. The predicted octanol–water partition coefficient (Wildman–Crippen LogP) is 3.48. The summed E-state index contributed by atoms with van der Waals surface area (Å²) in [6.07, 6.45) is 1.83. The molecular weight excluding hydrogens is 217 g/mol. The van der Waals surface area contributed by atoms with Gasteiger partial charge in [-0.15, -0.1) is 5.10 Å². The molecule has 0 amide bonds.